The highest BCUT2D eigenvalue weighted by molar-refractivity contribution is 4.83. The summed E-state index contributed by atoms with van der Waals surface area (Å²) in [6.07, 6.45) is 6.36. The molecule has 17 heavy (non-hydrogen) atoms. The topological polar surface area (TPSA) is 24.5 Å². The maximum absolute atomic E-state index is 5.78. The van der Waals surface area contributed by atoms with Crippen LogP contribution in [0.25, 0.3) is 0 Å². The molecule has 0 radical (unpaired) electrons. The molecule has 100 valence electrons. The Balaban J connectivity index is 1.73. The van der Waals surface area contributed by atoms with E-state index < -0.39 is 0 Å². The molecular weight excluding hydrogens is 212 g/mol. The Morgan fingerprint density at radius 2 is 1.88 bits per heavy atom. The van der Waals surface area contributed by atoms with Gasteiger partial charge in [-0.1, -0.05) is 6.42 Å². The fourth-order valence-corrected chi connectivity index (χ4v) is 3.58. The molecule has 3 nitrogen and oxygen atoms in total. The Hall–Kier alpha value is -0.120. The van der Waals surface area contributed by atoms with Gasteiger partial charge < -0.3 is 10.1 Å². The van der Waals surface area contributed by atoms with Crippen molar-refractivity contribution in [2.45, 2.75) is 57.8 Å². The molecule has 4 atom stereocenters. The summed E-state index contributed by atoms with van der Waals surface area (Å²) in [7, 11) is 2.11. The van der Waals surface area contributed by atoms with Gasteiger partial charge in [-0.2, -0.15) is 0 Å². The first-order chi connectivity index (χ1) is 8.19. The van der Waals surface area contributed by atoms with Gasteiger partial charge in [-0.05, 0) is 52.6 Å². The number of hydrogen-bond donors (Lipinski definition) is 1. The average molecular weight is 240 g/mol. The van der Waals surface area contributed by atoms with Crippen LogP contribution in [0.3, 0.4) is 0 Å². The van der Waals surface area contributed by atoms with Crippen LogP contribution in [0.1, 0.15) is 39.5 Å². The maximum atomic E-state index is 5.78. The molecule has 1 aliphatic carbocycles. The highest BCUT2D eigenvalue weighted by atomic mass is 16.5. The molecule has 1 saturated carbocycles. The third-order valence-corrected chi connectivity index (χ3v) is 4.34. The number of nitrogens with zero attached hydrogens (tertiary/aromatic N) is 1. The van der Waals surface area contributed by atoms with Gasteiger partial charge in [0.1, 0.15) is 0 Å². The van der Waals surface area contributed by atoms with Gasteiger partial charge in [-0.3, -0.25) is 4.90 Å². The lowest BCUT2D eigenvalue weighted by atomic mass is 9.99. The number of rotatable bonds is 4. The van der Waals surface area contributed by atoms with Crippen LogP contribution < -0.4 is 5.32 Å². The van der Waals surface area contributed by atoms with Crippen molar-refractivity contribution in [1.29, 1.82) is 0 Å². The Morgan fingerprint density at radius 3 is 2.53 bits per heavy atom. The molecule has 1 aliphatic heterocycles. The summed E-state index contributed by atoms with van der Waals surface area (Å²) in [5.41, 5.74) is 0. The molecular formula is C14H28N2O. The molecule has 2 rings (SSSR count). The molecule has 1 saturated heterocycles. The first-order valence-electron chi connectivity index (χ1n) is 7.24. The molecule has 0 aromatic carbocycles. The third kappa shape index (κ3) is 3.67. The zero-order valence-corrected chi connectivity index (χ0v) is 11.6. The van der Waals surface area contributed by atoms with Crippen molar-refractivity contribution in [2.75, 3.05) is 26.7 Å². The van der Waals surface area contributed by atoms with E-state index >= 15 is 0 Å². The van der Waals surface area contributed by atoms with E-state index in [4.69, 9.17) is 4.74 Å². The third-order valence-electron chi connectivity index (χ3n) is 4.34. The quantitative estimate of drug-likeness (QED) is 0.812. The molecule has 1 heterocycles. The van der Waals surface area contributed by atoms with E-state index in [9.17, 15) is 0 Å². The number of nitrogens with one attached hydrogen (secondary N) is 1. The first kappa shape index (κ1) is 13.3. The minimum Gasteiger partial charge on any atom is -0.373 e. The highest BCUT2D eigenvalue weighted by Crippen LogP contribution is 2.28. The molecule has 0 spiro atoms. The van der Waals surface area contributed by atoms with E-state index in [-0.39, 0.29) is 0 Å². The summed E-state index contributed by atoms with van der Waals surface area (Å²) < 4.78 is 5.78. The Morgan fingerprint density at radius 1 is 1.18 bits per heavy atom. The first-order valence-corrected chi connectivity index (χ1v) is 7.24. The predicted octanol–water partition coefficient (Wildman–Crippen LogP) is 1.87. The minimum absolute atomic E-state index is 0.405. The van der Waals surface area contributed by atoms with Crippen LogP contribution in [0.5, 0.6) is 0 Å². The van der Waals surface area contributed by atoms with Gasteiger partial charge in [-0.15, -0.1) is 0 Å². The van der Waals surface area contributed by atoms with Crippen LogP contribution in [0.2, 0.25) is 0 Å². The zero-order valence-electron chi connectivity index (χ0n) is 11.6. The highest BCUT2D eigenvalue weighted by Gasteiger charge is 2.27. The summed E-state index contributed by atoms with van der Waals surface area (Å²) in [5.74, 6) is 0.897. The summed E-state index contributed by atoms with van der Waals surface area (Å²) in [4.78, 5) is 2.59. The monoisotopic (exact) mass is 240 g/mol. The van der Waals surface area contributed by atoms with Gasteiger partial charge in [0.15, 0.2) is 0 Å². The van der Waals surface area contributed by atoms with Crippen molar-refractivity contribution >= 4 is 0 Å². The smallest absolute Gasteiger partial charge is 0.0678 e. The molecule has 0 aromatic heterocycles. The van der Waals surface area contributed by atoms with Crippen molar-refractivity contribution < 1.29 is 4.74 Å². The van der Waals surface area contributed by atoms with Crippen molar-refractivity contribution in [3.63, 3.8) is 0 Å². The standard InChI is InChI=1S/C14H28N2O/c1-11-9-16(10-12(2)17-11)8-7-13-5-4-6-14(13)15-3/h11-15H,4-10H2,1-3H3. The predicted molar refractivity (Wildman–Crippen MR) is 71.3 cm³/mol. The van der Waals surface area contributed by atoms with Crippen molar-refractivity contribution in [3.05, 3.63) is 0 Å². The molecule has 0 amide bonds. The SMILES string of the molecule is CNC1CCCC1CCN1CC(C)OC(C)C1. The largest absolute Gasteiger partial charge is 0.373 e. The van der Waals surface area contributed by atoms with Gasteiger partial charge in [0.05, 0.1) is 12.2 Å². The molecule has 2 fully saturated rings. The fraction of sp³-hybridized carbons (Fsp3) is 1.00. The van der Waals surface area contributed by atoms with Crippen LogP contribution in [0.4, 0.5) is 0 Å². The van der Waals surface area contributed by atoms with E-state index in [1.54, 1.807) is 0 Å². The molecule has 3 heteroatoms. The number of hydrogen-bond acceptors (Lipinski definition) is 3. The summed E-state index contributed by atoms with van der Waals surface area (Å²) in [6.45, 7) is 7.85. The van der Waals surface area contributed by atoms with E-state index in [0.717, 1.165) is 25.0 Å². The molecule has 4 unspecified atom stereocenters. The van der Waals surface area contributed by atoms with Gasteiger partial charge in [0, 0.05) is 19.1 Å². The summed E-state index contributed by atoms with van der Waals surface area (Å²) in [6, 6.07) is 0.769. The molecule has 0 bridgehead atoms. The normalized spacial score (nSPS) is 39.7. The Labute approximate surface area is 106 Å². The van der Waals surface area contributed by atoms with E-state index in [2.05, 4.69) is 31.1 Å². The van der Waals surface area contributed by atoms with Crippen LogP contribution in [0, 0.1) is 5.92 Å². The second-order valence-corrected chi connectivity index (χ2v) is 5.89. The summed E-state index contributed by atoms with van der Waals surface area (Å²) in [5, 5.41) is 3.48. The fourth-order valence-electron chi connectivity index (χ4n) is 3.58. The second kappa shape index (κ2) is 6.17. The zero-order chi connectivity index (χ0) is 12.3. The molecule has 2 aliphatic rings. The van der Waals surface area contributed by atoms with Crippen LogP contribution >= 0.6 is 0 Å². The molecule has 1 N–H and O–H groups in total. The average Bonchev–Trinajstić information content (AvgIpc) is 2.72. The summed E-state index contributed by atoms with van der Waals surface area (Å²) >= 11 is 0. The molecule has 0 aromatic rings. The minimum atomic E-state index is 0.405. The van der Waals surface area contributed by atoms with Crippen molar-refractivity contribution in [3.8, 4) is 0 Å². The lowest BCUT2D eigenvalue weighted by Crippen LogP contribution is -2.46. The van der Waals surface area contributed by atoms with Gasteiger partial charge >= 0.3 is 0 Å². The number of ether oxygens (including phenoxy) is 1. The van der Waals surface area contributed by atoms with Gasteiger partial charge in [-0.25, -0.2) is 0 Å². The number of morpholine rings is 1. The van der Waals surface area contributed by atoms with Crippen LogP contribution in [-0.2, 0) is 4.74 Å². The van der Waals surface area contributed by atoms with E-state index in [1.807, 2.05) is 0 Å². The van der Waals surface area contributed by atoms with Crippen molar-refractivity contribution in [1.82, 2.24) is 10.2 Å². The second-order valence-electron chi connectivity index (χ2n) is 5.89. The van der Waals surface area contributed by atoms with E-state index in [0.29, 0.717) is 12.2 Å². The Kier molecular flexibility index (Phi) is 4.83. The lowest BCUT2D eigenvalue weighted by molar-refractivity contribution is -0.0690. The van der Waals surface area contributed by atoms with Gasteiger partial charge in [0.2, 0.25) is 0 Å². The van der Waals surface area contributed by atoms with Crippen molar-refractivity contribution in [2.24, 2.45) is 5.92 Å². The van der Waals surface area contributed by atoms with Crippen LogP contribution in [-0.4, -0.2) is 49.8 Å². The lowest BCUT2D eigenvalue weighted by Gasteiger charge is -2.36. The van der Waals surface area contributed by atoms with Crippen LogP contribution in [0.15, 0.2) is 0 Å². The van der Waals surface area contributed by atoms with E-state index in [1.165, 1.54) is 32.2 Å². The maximum Gasteiger partial charge on any atom is 0.0678 e. The Bertz CT molecular complexity index is 224. The van der Waals surface area contributed by atoms with Gasteiger partial charge in [0.25, 0.3) is 0 Å².